The van der Waals surface area contributed by atoms with Crippen molar-refractivity contribution in [1.29, 1.82) is 0 Å². The van der Waals surface area contributed by atoms with Gasteiger partial charge in [0, 0.05) is 0 Å². The number of hydrogen-bond acceptors (Lipinski definition) is 5. The lowest BCUT2D eigenvalue weighted by molar-refractivity contribution is -0.136. The number of aliphatic carboxylic acids is 1. The maximum Gasteiger partial charge on any atom is 0.322 e. The molecule has 0 aliphatic rings. The van der Waals surface area contributed by atoms with Crippen LogP contribution in [-0.2, 0) is 23.3 Å². The number of carbonyl (C=O) groups is 1. The molecule has 19 heavy (non-hydrogen) atoms. The maximum absolute atomic E-state index is 12.1. The molecule has 0 bridgehead atoms. The molecule has 0 spiro atoms. The third kappa shape index (κ3) is 6.65. The summed E-state index contributed by atoms with van der Waals surface area (Å²) in [5, 5.41) is 7.31. The fraction of sp³-hybridized carbons (Fsp3) is 0.909. The smallest absolute Gasteiger partial charge is 0.322 e. The Morgan fingerprint density at radius 2 is 1.42 bits per heavy atom. The van der Waals surface area contributed by atoms with Gasteiger partial charge in [0.2, 0.25) is 9.46 Å². The van der Waals surface area contributed by atoms with Crippen molar-refractivity contribution < 1.29 is 27.4 Å². The zero-order chi connectivity index (χ0) is 15.2. The second-order valence-corrected chi connectivity index (χ2v) is 10.2. The molecular weight excluding hydrogens is 291 g/mol. The molecule has 0 rings (SSSR count). The normalized spacial score (nSPS) is 14.3. The lowest BCUT2D eigenvalue weighted by Gasteiger charge is -2.21. The molecule has 0 aliphatic heterocycles. The Morgan fingerprint density at radius 1 is 1.05 bits per heavy atom. The van der Waals surface area contributed by atoms with Crippen LogP contribution in [0.25, 0.3) is 0 Å². The summed E-state index contributed by atoms with van der Waals surface area (Å²) in [6.07, 6.45) is 0. The summed E-state index contributed by atoms with van der Waals surface area (Å²) < 4.78 is 34.8. The first-order valence-electron chi connectivity index (χ1n) is 6.11. The summed E-state index contributed by atoms with van der Waals surface area (Å²) in [6, 6.07) is 0. The van der Waals surface area contributed by atoms with E-state index in [1.165, 1.54) is 0 Å². The Hall–Kier alpha value is -0.230. The summed E-state index contributed by atoms with van der Waals surface area (Å²) in [7, 11) is -6.22. The second kappa shape index (κ2) is 8.15. The number of carboxylic acids is 1. The van der Waals surface area contributed by atoms with Crippen LogP contribution in [-0.4, -0.2) is 38.0 Å². The number of rotatable bonds is 9. The van der Waals surface area contributed by atoms with Gasteiger partial charge < -0.3 is 14.2 Å². The largest absolute Gasteiger partial charge is 0.480 e. The molecule has 0 saturated heterocycles. The van der Waals surface area contributed by atoms with E-state index >= 15 is 0 Å². The molecule has 1 N–H and O–H groups in total. The van der Waals surface area contributed by atoms with E-state index in [1.54, 1.807) is 0 Å². The van der Waals surface area contributed by atoms with Crippen molar-refractivity contribution in [1.82, 2.24) is 0 Å². The van der Waals surface area contributed by atoms with Gasteiger partial charge in [0.1, 0.15) is 0 Å². The Labute approximate surface area is 116 Å². The van der Waals surface area contributed by atoms with E-state index in [9.17, 15) is 13.2 Å². The third-order valence-corrected chi connectivity index (χ3v) is 7.09. The van der Waals surface area contributed by atoms with Gasteiger partial charge >= 0.3 is 13.5 Å². The molecular formula is C11H23O6PS. The Balaban J connectivity index is 4.93. The minimum Gasteiger partial charge on any atom is -0.480 e. The zero-order valence-corrected chi connectivity index (χ0v) is 13.7. The molecule has 0 amide bonds. The highest BCUT2D eigenvalue weighted by Gasteiger charge is 2.39. The Morgan fingerprint density at radius 3 is 1.68 bits per heavy atom. The number of carboxylic acid groups (broad SMARTS) is 1. The summed E-state index contributed by atoms with van der Waals surface area (Å²) in [6.45, 7) is 9.08. The zero-order valence-electron chi connectivity index (χ0n) is 12.0. The molecule has 0 saturated carbocycles. The van der Waals surface area contributed by atoms with Crippen molar-refractivity contribution in [3.8, 4) is 0 Å². The molecule has 0 aromatic carbocycles. The van der Waals surface area contributed by atoms with Gasteiger partial charge in [-0.25, -0.2) is 8.42 Å². The quantitative estimate of drug-likeness (QED) is 0.657. The van der Waals surface area contributed by atoms with Crippen LogP contribution < -0.4 is 0 Å². The van der Waals surface area contributed by atoms with Gasteiger partial charge in [0.25, 0.3) is 0 Å². The summed E-state index contributed by atoms with van der Waals surface area (Å²) in [5.74, 6) is -1.11. The van der Waals surface area contributed by atoms with Gasteiger partial charge in [-0.3, -0.25) is 4.79 Å². The topological polar surface area (TPSA) is 89.9 Å². The maximum atomic E-state index is 12.1. The van der Waals surface area contributed by atoms with Crippen molar-refractivity contribution in [2.24, 2.45) is 11.8 Å². The molecule has 0 aromatic rings. The first-order valence-corrected chi connectivity index (χ1v) is 9.44. The summed E-state index contributed by atoms with van der Waals surface area (Å²) in [5.41, 5.74) is 0. The predicted octanol–water partition coefficient (Wildman–Crippen LogP) is 2.45. The van der Waals surface area contributed by atoms with Gasteiger partial charge in [-0.15, -0.1) is 0 Å². The minimum absolute atomic E-state index is 0.142. The van der Waals surface area contributed by atoms with Gasteiger partial charge in [-0.05, 0) is 18.8 Å². The Bertz CT molecular complexity index is 367. The van der Waals surface area contributed by atoms with Crippen molar-refractivity contribution >= 4 is 23.0 Å². The molecule has 0 heterocycles. The number of hydrogen-bond donors (Lipinski definition) is 1. The monoisotopic (exact) mass is 314 g/mol. The van der Waals surface area contributed by atoms with Crippen LogP contribution in [0.15, 0.2) is 0 Å². The van der Waals surface area contributed by atoms with E-state index in [4.69, 9.17) is 14.2 Å². The fourth-order valence-electron chi connectivity index (χ4n) is 0.861. The molecule has 0 fully saturated rings. The first kappa shape index (κ1) is 18.8. The van der Waals surface area contributed by atoms with Crippen LogP contribution in [0, 0.1) is 11.8 Å². The Kier molecular flexibility index (Phi) is 8.05. The fourth-order valence-corrected chi connectivity index (χ4v) is 4.87. The van der Waals surface area contributed by atoms with E-state index in [1.807, 2.05) is 27.7 Å². The minimum atomic E-state index is -3.97. The molecule has 1 atom stereocenters. The summed E-state index contributed by atoms with van der Waals surface area (Å²) in [4.78, 5) is 10.8. The van der Waals surface area contributed by atoms with Crippen LogP contribution in [0.1, 0.15) is 34.6 Å². The van der Waals surface area contributed by atoms with E-state index in [2.05, 4.69) is 0 Å². The average molecular weight is 314 g/mol. The first-order chi connectivity index (χ1) is 8.59. The van der Waals surface area contributed by atoms with E-state index in [0.29, 0.717) is 0 Å². The van der Waals surface area contributed by atoms with Crippen molar-refractivity contribution in [2.45, 2.75) is 39.9 Å². The molecule has 8 heteroatoms. The van der Waals surface area contributed by atoms with Gasteiger partial charge in [-0.1, -0.05) is 27.7 Å². The predicted molar refractivity (Wildman–Crippen MR) is 74.5 cm³/mol. The lowest BCUT2D eigenvalue weighted by atomic mass is 10.2. The van der Waals surface area contributed by atoms with Crippen molar-refractivity contribution in [3.05, 3.63) is 0 Å². The van der Waals surface area contributed by atoms with Crippen LogP contribution in [0.3, 0.4) is 0 Å². The second-order valence-electron chi connectivity index (χ2n) is 5.10. The van der Waals surface area contributed by atoms with Crippen molar-refractivity contribution in [3.63, 3.8) is 0 Å². The molecule has 6 nitrogen and oxygen atoms in total. The van der Waals surface area contributed by atoms with Crippen LogP contribution >= 0.6 is 7.58 Å². The van der Waals surface area contributed by atoms with Crippen LogP contribution in [0.4, 0.5) is 0 Å². The van der Waals surface area contributed by atoms with Gasteiger partial charge in [0.05, 0.1) is 13.2 Å². The lowest BCUT2D eigenvalue weighted by Crippen LogP contribution is -2.27. The molecule has 0 aromatic heterocycles. The highest BCUT2D eigenvalue weighted by Crippen LogP contribution is 2.48. The standard InChI is InChI=1S/C11H23O6PS/c1-8(2)6-16-18(17-7-9(3)4)19(14,15)10(5)11(12)13/h8-10H,6-7H2,1-5H3,(H,12,13). The van der Waals surface area contributed by atoms with E-state index in [0.717, 1.165) is 6.92 Å². The van der Waals surface area contributed by atoms with Gasteiger partial charge in [0.15, 0.2) is 5.25 Å². The van der Waals surface area contributed by atoms with Crippen molar-refractivity contribution in [2.75, 3.05) is 13.2 Å². The highest BCUT2D eigenvalue weighted by atomic mass is 32.8. The molecule has 114 valence electrons. The van der Waals surface area contributed by atoms with E-state index < -0.39 is 28.3 Å². The molecule has 0 aliphatic carbocycles. The third-order valence-electron chi connectivity index (χ3n) is 2.03. The summed E-state index contributed by atoms with van der Waals surface area (Å²) >= 11 is 0. The molecule has 1 unspecified atom stereocenters. The average Bonchev–Trinajstić information content (AvgIpc) is 2.26. The van der Waals surface area contributed by atoms with Crippen LogP contribution in [0.5, 0.6) is 0 Å². The molecule has 0 radical (unpaired) electrons. The SMILES string of the molecule is CC(C)COP(OCC(C)C)S(=O)(=O)C(C)C(=O)O. The highest BCUT2D eigenvalue weighted by molar-refractivity contribution is 8.47. The van der Waals surface area contributed by atoms with E-state index in [-0.39, 0.29) is 25.0 Å². The van der Waals surface area contributed by atoms with Crippen LogP contribution in [0.2, 0.25) is 0 Å². The van der Waals surface area contributed by atoms with Gasteiger partial charge in [-0.2, -0.15) is 0 Å².